The summed E-state index contributed by atoms with van der Waals surface area (Å²) in [5, 5.41) is 7.43. The maximum absolute atomic E-state index is 12.5. The van der Waals surface area contributed by atoms with E-state index in [2.05, 4.69) is 10.4 Å². The molecule has 1 aromatic rings. The summed E-state index contributed by atoms with van der Waals surface area (Å²) in [6.45, 7) is 4.51. The van der Waals surface area contributed by atoms with Gasteiger partial charge < -0.3 is 5.32 Å². The molecule has 8 heteroatoms. The van der Waals surface area contributed by atoms with Crippen molar-refractivity contribution in [2.45, 2.75) is 24.9 Å². The normalized spacial score (nSPS) is 20.4. The first kappa shape index (κ1) is 16.4. The lowest BCUT2D eigenvalue weighted by Crippen LogP contribution is -2.32. The molecule has 0 bridgehead atoms. The Morgan fingerprint density at radius 1 is 1.53 bits per heavy atom. The van der Waals surface area contributed by atoms with Crippen molar-refractivity contribution in [3.63, 3.8) is 0 Å². The van der Waals surface area contributed by atoms with Crippen molar-refractivity contribution in [3.8, 4) is 0 Å². The fourth-order valence-corrected chi connectivity index (χ4v) is 4.07. The standard InChI is InChI=1S/C11H20N4O2S.ClH/c1-3-15-11(4-6-13-15)18(16,17)14-7-5-10(9-14)8-12-2;/h4,6,10,12H,3,5,7-9H2,1-2H3;1H. The average molecular weight is 309 g/mol. The van der Waals surface area contributed by atoms with Crippen LogP contribution in [0.25, 0.3) is 0 Å². The van der Waals surface area contributed by atoms with Crippen LogP contribution in [0, 0.1) is 5.92 Å². The first-order valence-electron chi connectivity index (χ1n) is 6.26. The minimum atomic E-state index is -3.38. The maximum Gasteiger partial charge on any atom is 0.260 e. The Balaban J connectivity index is 0.00000180. The van der Waals surface area contributed by atoms with Crippen molar-refractivity contribution in [2.75, 3.05) is 26.7 Å². The number of nitrogens with zero attached hydrogens (tertiary/aromatic N) is 3. The lowest BCUT2D eigenvalue weighted by atomic mass is 10.1. The zero-order chi connectivity index (χ0) is 13.2. The molecule has 1 fully saturated rings. The molecule has 1 saturated heterocycles. The second kappa shape index (κ2) is 6.69. The smallest absolute Gasteiger partial charge is 0.260 e. The van der Waals surface area contributed by atoms with Crippen LogP contribution in [0.5, 0.6) is 0 Å². The van der Waals surface area contributed by atoms with Crippen LogP contribution in [0.4, 0.5) is 0 Å². The fourth-order valence-electron chi connectivity index (χ4n) is 2.38. The third kappa shape index (κ3) is 3.28. The molecule has 1 aliphatic heterocycles. The van der Waals surface area contributed by atoms with Gasteiger partial charge >= 0.3 is 0 Å². The molecule has 1 N–H and O–H groups in total. The lowest BCUT2D eigenvalue weighted by molar-refractivity contribution is 0.441. The van der Waals surface area contributed by atoms with E-state index in [1.807, 2.05) is 14.0 Å². The van der Waals surface area contributed by atoms with Crippen molar-refractivity contribution in [3.05, 3.63) is 12.3 Å². The van der Waals surface area contributed by atoms with E-state index in [0.717, 1.165) is 13.0 Å². The SMILES string of the molecule is CCn1nccc1S(=O)(=O)N1CCC(CNC)C1.Cl. The lowest BCUT2D eigenvalue weighted by Gasteiger charge is -2.17. The number of nitrogens with one attached hydrogen (secondary N) is 1. The van der Waals surface area contributed by atoms with E-state index in [4.69, 9.17) is 0 Å². The second-order valence-corrected chi connectivity index (χ2v) is 6.45. The monoisotopic (exact) mass is 308 g/mol. The Labute approximate surface area is 120 Å². The highest BCUT2D eigenvalue weighted by atomic mass is 35.5. The van der Waals surface area contributed by atoms with Crippen LogP contribution in [-0.2, 0) is 16.6 Å². The van der Waals surface area contributed by atoms with E-state index >= 15 is 0 Å². The second-order valence-electron chi connectivity index (χ2n) is 4.56. The first-order valence-corrected chi connectivity index (χ1v) is 7.70. The van der Waals surface area contributed by atoms with Crippen LogP contribution in [-0.4, -0.2) is 49.2 Å². The highest BCUT2D eigenvalue weighted by molar-refractivity contribution is 7.89. The predicted molar refractivity (Wildman–Crippen MR) is 75.9 cm³/mol. The summed E-state index contributed by atoms with van der Waals surface area (Å²) in [5.41, 5.74) is 0. The van der Waals surface area contributed by atoms with Crippen molar-refractivity contribution in [1.29, 1.82) is 0 Å². The van der Waals surface area contributed by atoms with E-state index in [1.165, 1.54) is 10.9 Å². The van der Waals surface area contributed by atoms with Crippen LogP contribution in [0.1, 0.15) is 13.3 Å². The summed E-state index contributed by atoms with van der Waals surface area (Å²) >= 11 is 0. The summed E-state index contributed by atoms with van der Waals surface area (Å²) in [5.74, 6) is 0.405. The number of aromatic nitrogens is 2. The molecule has 1 unspecified atom stereocenters. The minimum Gasteiger partial charge on any atom is -0.319 e. The summed E-state index contributed by atoms with van der Waals surface area (Å²) in [6.07, 6.45) is 2.46. The molecule has 0 aromatic carbocycles. The molecule has 0 radical (unpaired) electrons. The number of aryl methyl sites for hydroxylation is 1. The fraction of sp³-hybridized carbons (Fsp3) is 0.727. The molecule has 1 atom stereocenters. The number of halogens is 1. The number of rotatable bonds is 5. The van der Waals surface area contributed by atoms with Gasteiger partial charge in [-0.05, 0) is 38.9 Å². The highest BCUT2D eigenvalue weighted by Gasteiger charge is 2.33. The van der Waals surface area contributed by atoms with Gasteiger partial charge in [0.1, 0.15) is 0 Å². The van der Waals surface area contributed by atoms with Gasteiger partial charge in [-0.1, -0.05) is 0 Å². The number of sulfonamides is 1. The largest absolute Gasteiger partial charge is 0.319 e. The predicted octanol–water partition coefficient (Wildman–Crippen LogP) is 0.555. The molecule has 110 valence electrons. The molecule has 2 heterocycles. The maximum atomic E-state index is 12.5. The Morgan fingerprint density at radius 2 is 2.26 bits per heavy atom. The van der Waals surface area contributed by atoms with Crippen molar-refractivity contribution < 1.29 is 8.42 Å². The summed E-state index contributed by atoms with van der Waals surface area (Å²) in [4.78, 5) is 0. The highest BCUT2D eigenvalue weighted by Crippen LogP contribution is 2.23. The van der Waals surface area contributed by atoms with Crippen LogP contribution in [0.15, 0.2) is 17.3 Å². The number of hydrogen-bond acceptors (Lipinski definition) is 4. The Kier molecular flexibility index (Phi) is 5.79. The Morgan fingerprint density at radius 3 is 2.89 bits per heavy atom. The van der Waals surface area contributed by atoms with Gasteiger partial charge in [0.15, 0.2) is 5.03 Å². The Bertz CT molecular complexity index is 503. The molecular formula is C11H21ClN4O2S. The molecule has 0 amide bonds. The van der Waals surface area contributed by atoms with E-state index in [0.29, 0.717) is 30.6 Å². The van der Waals surface area contributed by atoms with Gasteiger partial charge in [0.2, 0.25) is 0 Å². The molecule has 19 heavy (non-hydrogen) atoms. The van der Waals surface area contributed by atoms with Crippen LogP contribution in [0.2, 0.25) is 0 Å². The molecule has 6 nitrogen and oxygen atoms in total. The molecule has 0 spiro atoms. The van der Waals surface area contributed by atoms with Crippen molar-refractivity contribution in [2.24, 2.45) is 5.92 Å². The van der Waals surface area contributed by atoms with Crippen molar-refractivity contribution in [1.82, 2.24) is 19.4 Å². The van der Waals surface area contributed by atoms with Gasteiger partial charge in [0.25, 0.3) is 10.0 Å². The minimum absolute atomic E-state index is 0. The molecule has 2 rings (SSSR count). The first-order chi connectivity index (χ1) is 8.59. The summed E-state index contributed by atoms with van der Waals surface area (Å²) < 4.78 is 28.0. The topological polar surface area (TPSA) is 67.2 Å². The molecule has 0 saturated carbocycles. The quantitative estimate of drug-likeness (QED) is 0.863. The van der Waals surface area contributed by atoms with E-state index < -0.39 is 10.0 Å². The average Bonchev–Trinajstić information content (AvgIpc) is 2.97. The van der Waals surface area contributed by atoms with E-state index in [1.54, 1.807) is 10.4 Å². The van der Waals surface area contributed by atoms with Gasteiger partial charge in [0.05, 0.1) is 6.20 Å². The van der Waals surface area contributed by atoms with Crippen LogP contribution in [0.3, 0.4) is 0 Å². The van der Waals surface area contributed by atoms with Gasteiger partial charge in [-0.25, -0.2) is 8.42 Å². The molecule has 0 aliphatic carbocycles. The third-order valence-corrected chi connectivity index (χ3v) is 5.21. The van der Waals surface area contributed by atoms with E-state index in [-0.39, 0.29) is 12.4 Å². The molecule has 1 aromatic heterocycles. The Hall–Kier alpha value is -0.630. The summed E-state index contributed by atoms with van der Waals surface area (Å²) in [7, 11) is -1.49. The van der Waals surface area contributed by atoms with Gasteiger partial charge in [-0.2, -0.15) is 9.40 Å². The van der Waals surface area contributed by atoms with Gasteiger partial charge in [-0.15, -0.1) is 12.4 Å². The van der Waals surface area contributed by atoms with E-state index in [9.17, 15) is 8.42 Å². The van der Waals surface area contributed by atoms with Crippen molar-refractivity contribution >= 4 is 22.4 Å². The van der Waals surface area contributed by atoms with Gasteiger partial charge in [0, 0.05) is 19.6 Å². The zero-order valence-corrected chi connectivity index (χ0v) is 12.9. The zero-order valence-electron chi connectivity index (χ0n) is 11.2. The third-order valence-electron chi connectivity index (χ3n) is 3.32. The molecule has 1 aliphatic rings. The van der Waals surface area contributed by atoms with Crippen LogP contribution < -0.4 is 5.32 Å². The number of hydrogen-bond donors (Lipinski definition) is 1. The summed E-state index contributed by atoms with van der Waals surface area (Å²) in [6, 6.07) is 1.57. The molecular weight excluding hydrogens is 288 g/mol. The van der Waals surface area contributed by atoms with Gasteiger partial charge in [-0.3, -0.25) is 4.68 Å². The van der Waals surface area contributed by atoms with Crippen LogP contribution >= 0.6 is 12.4 Å².